The monoisotopic (exact) mass is 437 g/mol. The molecule has 3 aromatic rings. The van der Waals surface area contributed by atoms with E-state index in [0.717, 1.165) is 46.7 Å². The molecule has 2 atom stereocenters. The maximum absolute atomic E-state index is 13.7. The van der Waals surface area contributed by atoms with Gasteiger partial charge in [0.15, 0.2) is 5.78 Å². The number of fused-ring (bicyclic) bond motifs is 1. The van der Waals surface area contributed by atoms with Crippen molar-refractivity contribution in [2.75, 3.05) is 29.6 Å². The first-order chi connectivity index (χ1) is 16.0. The minimum absolute atomic E-state index is 0.178. The largest absolute Gasteiger partial charge is 0.378 e. The number of aryl methyl sites for hydroxylation is 1. The van der Waals surface area contributed by atoms with E-state index in [2.05, 4.69) is 83.1 Å². The summed E-state index contributed by atoms with van der Waals surface area (Å²) in [5.74, 6) is 0.409. The predicted molar refractivity (Wildman–Crippen MR) is 137 cm³/mol. The van der Waals surface area contributed by atoms with E-state index >= 15 is 0 Å². The average molecular weight is 438 g/mol. The molecule has 168 valence electrons. The third-order valence-electron chi connectivity index (χ3n) is 6.91. The number of para-hydroxylation sites is 2. The average Bonchev–Trinajstić information content (AvgIpc) is 3.01. The second kappa shape index (κ2) is 8.78. The standard InChI is InChI=1S/C29H31N3O/c1-4-19-9-11-20(12-10-19)22-17-26-28(27(33)18-22)29(21-13-15-23(16-14-21)32(2)3)31-25-8-6-5-7-24(25)30-26/h5-16,22,29-31H,4,17-18H2,1-3H3. The van der Waals surface area contributed by atoms with E-state index in [1.165, 1.54) is 11.1 Å². The van der Waals surface area contributed by atoms with E-state index in [1.54, 1.807) is 0 Å². The molecule has 0 saturated heterocycles. The molecule has 0 saturated carbocycles. The zero-order valence-electron chi connectivity index (χ0n) is 19.6. The summed E-state index contributed by atoms with van der Waals surface area (Å²) in [6.07, 6.45) is 2.39. The molecular formula is C29H31N3O. The number of hydrogen-bond donors (Lipinski definition) is 2. The Morgan fingerprint density at radius 1 is 0.848 bits per heavy atom. The summed E-state index contributed by atoms with van der Waals surface area (Å²) in [5, 5.41) is 7.30. The summed E-state index contributed by atoms with van der Waals surface area (Å²) in [5.41, 5.74) is 8.76. The number of rotatable bonds is 4. The molecule has 0 spiro atoms. The minimum Gasteiger partial charge on any atom is -0.378 e. The molecule has 1 aliphatic carbocycles. The number of ketones is 1. The van der Waals surface area contributed by atoms with Crippen LogP contribution in [0, 0.1) is 0 Å². The Bertz CT molecular complexity index is 1190. The van der Waals surface area contributed by atoms with Gasteiger partial charge in [0.1, 0.15) is 0 Å². The van der Waals surface area contributed by atoms with Crippen LogP contribution in [0.2, 0.25) is 0 Å². The summed E-state index contributed by atoms with van der Waals surface area (Å²) in [6.45, 7) is 2.17. The number of nitrogens with one attached hydrogen (secondary N) is 2. The van der Waals surface area contributed by atoms with E-state index in [-0.39, 0.29) is 17.7 Å². The summed E-state index contributed by atoms with van der Waals surface area (Å²) in [6, 6.07) is 25.3. The number of hydrogen-bond acceptors (Lipinski definition) is 4. The van der Waals surface area contributed by atoms with Crippen LogP contribution in [0.4, 0.5) is 17.1 Å². The zero-order valence-corrected chi connectivity index (χ0v) is 19.6. The number of carbonyl (C=O) groups excluding carboxylic acids is 1. The van der Waals surface area contributed by atoms with Gasteiger partial charge >= 0.3 is 0 Å². The van der Waals surface area contributed by atoms with Crippen LogP contribution in [0.1, 0.15) is 48.4 Å². The van der Waals surface area contributed by atoms with Crippen LogP contribution >= 0.6 is 0 Å². The number of allylic oxidation sites excluding steroid dienone is 1. The molecule has 1 aliphatic heterocycles. The van der Waals surface area contributed by atoms with Crippen LogP contribution in [-0.4, -0.2) is 19.9 Å². The summed E-state index contributed by atoms with van der Waals surface area (Å²) in [4.78, 5) is 15.7. The predicted octanol–water partition coefficient (Wildman–Crippen LogP) is 6.29. The molecular weight excluding hydrogens is 406 g/mol. The molecule has 0 radical (unpaired) electrons. The van der Waals surface area contributed by atoms with Crippen LogP contribution in [-0.2, 0) is 11.2 Å². The van der Waals surface area contributed by atoms with Crippen molar-refractivity contribution in [1.29, 1.82) is 0 Å². The third kappa shape index (κ3) is 4.13. The van der Waals surface area contributed by atoms with Gasteiger partial charge in [-0.3, -0.25) is 4.79 Å². The summed E-state index contributed by atoms with van der Waals surface area (Å²) in [7, 11) is 4.08. The highest BCUT2D eigenvalue weighted by Crippen LogP contribution is 2.44. The quantitative estimate of drug-likeness (QED) is 0.503. The Balaban J connectivity index is 1.55. The third-order valence-corrected chi connectivity index (χ3v) is 6.91. The van der Waals surface area contributed by atoms with Crippen molar-refractivity contribution in [2.45, 2.75) is 38.1 Å². The van der Waals surface area contributed by atoms with Crippen molar-refractivity contribution in [3.05, 3.63) is 101 Å². The van der Waals surface area contributed by atoms with Gasteiger partial charge in [0, 0.05) is 37.5 Å². The molecule has 3 aromatic carbocycles. The van der Waals surface area contributed by atoms with Gasteiger partial charge < -0.3 is 15.5 Å². The highest BCUT2D eigenvalue weighted by Gasteiger charge is 2.36. The lowest BCUT2D eigenvalue weighted by molar-refractivity contribution is -0.116. The maximum atomic E-state index is 13.7. The zero-order chi connectivity index (χ0) is 22.9. The molecule has 33 heavy (non-hydrogen) atoms. The van der Waals surface area contributed by atoms with Gasteiger partial charge in [0.25, 0.3) is 0 Å². The van der Waals surface area contributed by atoms with Crippen molar-refractivity contribution < 1.29 is 4.79 Å². The molecule has 2 aliphatic rings. The number of carbonyl (C=O) groups is 1. The van der Waals surface area contributed by atoms with Crippen LogP contribution in [0.5, 0.6) is 0 Å². The lowest BCUT2D eigenvalue weighted by Gasteiger charge is -2.30. The van der Waals surface area contributed by atoms with E-state index in [9.17, 15) is 4.79 Å². The molecule has 4 nitrogen and oxygen atoms in total. The van der Waals surface area contributed by atoms with E-state index < -0.39 is 0 Å². The molecule has 0 bridgehead atoms. The second-order valence-corrected chi connectivity index (χ2v) is 9.25. The molecule has 0 aromatic heterocycles. The van der Waals surface area contributed by atoms with Gasteiger partial charge in [-0.2, -0.15) is 0 Å². The van der Waals surface area contributed by atoms with E-state index in [1.807, 2.05) is 26.2 Å². The van der Waals surface area contributed by atoms with Crippen molar-refractivity contribution in [3.8, 4) is 0 Å². The Morgan fingerprint density at radius 3 is 2.18 bits per heavy atom. The fourth-order valence-corrected chi connectivity index (χ4v) is 4.97. The van der Waals surface area contributed by atoms with Crippen LogP contribution < -0.4 is 15.5 Å². The molecule has 0 amide bonds. The van der Waals surface area contributed by atoms with Gasteiger partial charge in [-0.15, -0.1) is 0 Å². The first kappa shape index (κ1) is 21.3. The van der Waals surface area contributed by atoms with Crippen molar-refractivity contribution in [3.63, 3.8) is 0 Å². The van der Waals surface area contributed by atoms with Gasteiger partial charge in [0.05, 0.1) is 17.4 Å². The lowest BCUT2D eigenvalue weighted by Crippen LogP contribution is -2.27. The molecule has 5 rings (SSSR count). The number of Topliss-reactive ketones (excluding diaryl/α,β-unsaturated/α-hetero) is 1. The van der Waals surface area contributed by atoms with E-state index in [4.69, 9.17) is 0 Å². The Morgan fingerprint density at radius 2 is 1.52 bits per heavy atom. The summed E-state index contributed by atoms with van der Waals surface area (Å²) >= 11 is 0. The maximum Gasteiger partial charge on any atom is 0.163 e. The van der Waals surface area contributed by atoms with Gasteiger partial charge in [-0.25, -0.2) is 0 Å². The van der Waals surface area contributed by atoms with Crippen molar-refractivity contribution in [2.24, 2.45) is 0 Å². The SMILES string of the molecule is CCc1ccc(C2CC(=O)C3=C(C2)Nc2ccccc2NC3c2ccc(N(C)C)cc2)cc1. The fourth-order valence-electron chi connectivity index (χ4n) is 4.97. The van der Waals surface area contributed by atoms with Crippen LogP contribution in [0.3, 0.4) is 0 Å². The van der Waals surface area contributed by atoms with Gasteiger partial charge in [-0.1, -0.05) is 55.5 Å². The Hall–Kier alpha value is -3.53. The molecule has 2 N–H and O–H groups in total. The topological polar surface area (TPSA) is 44.4 Å². The van der Waals surface area contributed by atoms with E-state index in [0.29, 0.717) is 6.42 Å². The molecule has 4 heteroatoms. The molecule has 0 fully saturated rings. The highest BCUT2D eigenvalue weighted by atomic mass is 16.1. The second-order valence-electron chi connectivity index (χ2n) is 9.25. The van der Waals surface area contributed by atoms with Crippen molar-refractivity contribution >= 4 is 22.8 Å². The minimum atomic E-state index is -0.178. The smallest absolute Gasteiger partial charge is 0.163 e. The fraction of sp³-hybridized carbons (Fsp3) is 0.276. The number of benzene rings is 3. The van der Waals surface area contributed by atoms with Gasteiger partial charge in [-0.05, 0) is 59.7 Å². The first-order valence-electron chi connectivity index (χ1n) is 11.8. The van der Waals surface area contributed by atoms with Crippen LogP contribution in [0.25, 0.3) is 0 Å². The normalized spacial score (nSPS) is 19.7. The number of nitrogens with zero attached hydrogens (tertiary/aromatic N) is 1. The lowest BCUT2D eigenvalue weighted by atomic mass is 9.78. The summed E-state index contributed by atoms with van der Waals surface area (Å²) < 4.78 is 0. The Kier molecular flexibility index (Phi) is 5.67. The van der Waals surface area contributed by atoms with Crippen molar-refractivity contribution in [1.82, 2.24) is 0 Å². The first-order valence-corrected chi connectivity index (χ1v) is 11.8. The molecule has 2 unspecified atom stereocenters. The molecule has 1 heterocycles. The van der Waals surface area contributed by atoms with Gasteiger partial charge in [0.2, 0.25) is 0 Å². The Labute approximate surface area is 196 Å². The highest BCUT2D eigenvalue weighted by molar-refractivity contribution is 6.01. The van der Waals surface area contributed by atoms with Crippen LogP contribution in [0.15, 0.2) is 84.1 Å². The number of anilines is 3.